The molecular weight excluding hydrogens is 402 g/mol. The molecule has 0 atom stereocenters. The van der Waals surface area contributed by atoms with Gasteiger partial charge in [-0.25, -0.2) is 4.98 Å². The van der Waals surface area contributed by atoms with Crippen LogP contribution in [0.1, 0.15) is 5.56 Å². The quantitative estimate of drug-likeness (QED) is 0.443. The van der Waals surface area contributed by atoms with Gasteiger partial charge in [0.25, 0.3) is 6.47 Å². The Bertz CT molecular complexity index is 900. The first kappa shape index (κ1) is 18.0. The first-order chi connectivity index (χ1) is 12.7. The fourth-order valence-corrected chi connectivity index (χ4v) is 2.69. The maximum Gasteiger partial charge on any atom is 0.298 e. The average Bonchev–Trinajstić information content (AvgIpc) is 3.09. The maximum absolute atomic E-state index is 10.6. The Morgan fingerprint density at radius 2 is 2.15 bits per heavy atom. The molecule has 0 amide bonds. The van der Waals surface area contributed by atoms with Gasteiger partial charge >= 0.3 is 0 Å². The zero-order valence-electron chi connectivity index (χ0n) is 13.7. The lowest BCUT2D eigenvalue weighted by molar-refractivity contribution is -0.120. The van der Waals surface area contributed by atoms with Crippen molar-refractivity contribution >= 4 is 28.2 Å². The summed E-state index contributed by atoms with van der Waals surface area (Å²) in [5, 5.41) is 8.01. The number of nitrogen functional groups attached to an aromatic ring is 1. The fraction of sp³-hybridized carbons (Fsp3) is 0.176. The van der Waals surface area contributed by atoms with Crippen LogP contribution in [0.3, 0.4) is 0 Å². The molecule has 3 rings (SSSR count). The van der Waals surface area contributed by atoms with Gasteiger partial charge < -0.3 is 19.8 Å². The van der Waals surface area contributed by atoms with Crippen LogP contribution in [0.25, 0.3) is 11.5 Å². The second-order valence-corrected chi connectivity index (χ2v) is 6.23. The summed E-state index contributed by atoms with van der Waals surface area (Å²) in [5.74, 6) is 1.50. The van der Waals surface area contributed by atoms with E-state index in [1.54, 1.807) is 18.5 Å². The fourth-order valence-electron chi connectivity index (χ4n) is 2.35. The van der Waals surface area contributed by atoms with Crippen molar-refractivity contribution in [3.8, 4) is 17.3 Å². The molecule has 3 aromatic rings. The predicted octanol–water partition coefficient (Wildman–Crippen LogP) is 2.44. The van der Waals surface area contributed by atoms with Crippen LogP contribution >= 0.6 is 15.9 Å². The Morgan fingerprint density at radius 1 is 1.27 bits per heavy atom. The highest BCUT2D eigenvalue weighted by Gasteiger charge is 2.09. The molecule has 26 heavy (non-hydrogen) atoms. The molecule has 0 aliphatic heterocycles. The lowest BCUT2D eigenvalue weighted by Crippen LogP contribution is -2.08. The number of carbonyl (C=O) groups is 1. The molecule has 0 saturated heterocycles. The molecule has 9 heteroatoms. The molecule has 2 heterocycles. The van der Waals surface area contributed by atoms with Gasteiger partial charge in [0.05, 0.1) is 13.2 Å². The summed E-state index contributed by atoms with van der Waals surface area (Å²) in [6, 6.07) is 10.8. The average molecular weight is 418 g/mol. The lowest BCUT2D eigenvalue weighted by Gasteiger charge is -2.10. The van der Waals surface area contributed by atoms with Gasteiger partial charge in [0.15, 0.2) is 5.82 Å². The molecule has 2 aromatic heterocycles. The Balaban J connectivity index is 1.60. The molecule has 0 radical (unpaired) electrons. The molecule has 0 saturated carbocycles. The largest absolute Gasteiger partial charge is 0.428 e. The summed E-state index contributed by atoms with van der Waals surface area (Å²) in [7, 11) is 0. The molecule has 2 N–H and O–H groups in total. The van der Waals surface area contributed by atoms with Crippen LogP contribution < -0.4 is 10.5 Å². The number of ether oxygens (including phenoxy) is 2. The van der Waals surface area contributed by atoms with Crippen molar-refractivity contribution in [2.75, 3.05) is 12.3 Å². The van der Waals surface area contributed by atoms with Crippen LogP contribution in [0.5, 0.6) is 5.75 Å². The second kappa shape index (κ2) is 8.54. The molecule has 0 unspecified atom stereocenters. The van der Waals surface area contributed by atoms with Crippen LogP contribution in [-0.2, 0) is 22.7 Å². The van der Waals surface area contributed by atoms with Crippen molar-refractivity contribution in [1.29, 1.82) is 0 Å². The zero-order valence-corrected chi connectivity index (χ0v) is 15.3. The van der Waals surface area contributed by atoms with Gasteiger partial charge in [-0.1, -0.05) is 28.1 Å². The summed E-state index contributed by atoms with van der Waals surface area (Å²) in [6.45, 7) is 1.67. The van der Waals surface area contributed by atoms with Gasteiger partial charge in [-0.2, -0.15) is 0 Å². The van der Waals surface area contributed by atoms with E-state index in [9.17, 15) is 4.79 Å². The minimum Gasteiger partial charge on any atom is -0.428 e. The third-order valence-electron chi connectivity index (χ3n) is 3.55. The summed E-state index contributed by atoms with van der Waals surface area (Å²) in [6.07, 6.45) is 1.62. The number of pyridine rings is 1. The Labute approximate surface area is 158 Å². The Morgan fingerprint density at radius 3 is 2.96 bits per heavy atom. The zero-order chi connectivity index (χ0) is 18.4. The normalized spacial score (nSPS) is 10.7. The Kier molecular flexibility index (Phi) is 5.92. The van der Waals surface area contributed by atoms with Crippen molar-refractivity contribution in [1.82, 2.24) is 19.7 Å². The van der Waals surface area contributed by atoms with Crippen molar-refractivity contribution in [3.05, 3.63) is 52.8 Å². The van der Waals surface area contributed by atoms with Crippen molar-refractivity contribution in [3.63, 3.8) is 0 Å². The molecule has 0 bridgehead atoms. The monoisotopic (exact) mass is 417 g/mol. The standard InChI is InChI=1S/C17H16BrN5O3/c18-13-5-4-12(15(8-13)26-11-24)9-25-7-6-23-10-20-22-17(23)14-2-1-3-16(19)21-14/h1-5,8,10-11H,6-7,9H2,(H2,19,21). The number of nitrogens with two attached hydrogens (primary N) is 1. The van der Waals surface area contributed by atoms with Crippen LogP contribution in [0.4, 0.5) is 5.82 Å². The van der Waals surface area contributed by atoms with E-state index in [4.69, 9.17) is 15.2 Å². The van der Waals surface area contributed by atoms with E-state index in [0.29, 0.717) is 49.3 Å². The van der Waals surface area contributed by atoms with E-state index < -0.39 is 0 Å². The van der Waals surface area contributed by atoms with Crippen LogP contribution in [0.15, 0.2) is 47.2 Å². The number of nitrogens with zero attached hydrogens (tertiary/aromatic N) is 4. The maximum atomic E-state index is 10.6. The minimum absolute atomic E-state index is 0.310. The van der Waals surface area contributed by atoms with Crippen molar-refractivity contribution in [2.24, 2.45) is 0 Å². The van der Waals surface area contributed by atoms with Gasteiger partial charge in [0.2, 0.25) is 0 Å². The van der Waals surface area contributed by atoms with E-state index in [1.807, 2.05) is 28.8 Å². The first-order valence-electron chi connectivity index (χ1n) is 7.74. The molecule has 0 fully saturated rings. The van der Waals surface area contributed by atoms with E-state index in [1.165, 1.54) is 0 Å². The SMILES string of the molecule is Nc1cccc(-c2nncn2CCOCc2ccc(Br)cc2OC=O)n1. The van der Waals surface area contributed by atoms with Crippen LogP contribution in [0, 0.1) is 0 Å². The number of rotatable bonds is 8. The van der Waals surface area contributed by atoms with Gasteiger partial charge in [-0.05, 0) is 24.3 Å². The number of halogens is 1. The summed E-state index contributed by atoms with van der Waals surface area (Å²) in [4.78, 5) is 14.9. The van der Waals surface area contributed by atoms with Crippen molar-refractivity contribution < 1.29 is 14.3 Å². The van der Waals surface area contributed by atoms with Crippen LogP contribution in [0.2, 0.25) is 0 Å². The number of carbonyl (C=O) groups excluding carboxylic acids is 1. The molecule has 134 valence electrons. The highest BCUT2D eigenvalue weighted by atomic mass is 79.9. The first-order valence-corrected chi connectivity index (χ1v) is 8.54. The number of anilines is 1. The highest BCUT2D eigenvalue weighted by Crippen LogP contribution is 2.24. The predicted molar refractivity (Wildman–Crippen MR) is 98.2 cm³/mol. The molecule has 0 spiro atoms. The summed E-state index contributed by atoms with van der Waals surface area (Å²) < 4.78 is 13.3. The third kappa shape index (κ3) is 4.44. The lowest BCUT2D eigenvalue weighted by atomic mass is 10.2. The number of aromatic nitrogens is 4. The van der Waals surface area contributed by atoms with E-state index in [0.717, 1.165) is 10.0 Å². The molecule has 0 aliphatic carbocycles. The summed E-state index contributed by atoms with van der Waals surface area (Å²) in [5.41, 5.74) is 7.15. The van der Waals surface area contributed by atoms with Gasteiger partial charge in [0, 0.05) is 16.6 Å². The molecule has 8 nitrogen and oxygen atoms in total. The van der Waals surface area contributed by atoms with Gasteiger partial charge in [-0.3, -0.25) is 4.79 Å². The number of benzene rings is 1. The molecule has 0 aliphatic rings. The van der Waals surface area contributed by atoms with E-state index in [-0.39, 0.29) is 0 Å². The van der Waals surface area contributed by atoms with Crippen LogP contribution in [-0.4, -0.2) is 32.8 Å². The van der Waals surface area contributed by atoms with Gasteiger partial charge in [0.1, 0.15) is 23.6 Å². The summed E-state index contributed by atoms with van der Waals surface area (Å²) >= 11 is 3.34. The van der Waals surface area contributed by atoms with E-state index in [2.05, 4.69) is 31.1 Å². The van der Waals surface area contributed by atoms with Gasteiger partial charge in [-0.15, -0.1) is 10.2 Å². The molecule has 1 aromatic carbocycles. The smallest absolute Gasteiger partial charge is 0.298 e. The van der Waals surface area contributed by atoms with Crippen molar-refractivity contribution in [2.45, 2.75) is 13.2 Å². The third-order valence-corrected chi connectivity index (χ3v) is 4.05. The number of hydrogen-bond donors (Lipinski definition) is 1. The second-order valence-electron chi connectivity index (χ2n) is 5.31. The number of hydrogen-bond acceptors (Lipinski definition) is 7. The highest BCUT2D eigenvalue weighted by molar-refractivity contribution is 9.10. The minimum atomic E-state index is 0.310. The topological polar surface area (TPSA) is 105 Å². The Hall–Kier alpha value is -2.78. The van der Waals surface area contributed by atoms with E-state index >= 15 is 0 Å². The molecular formula is C17H16BrN5O3.